The van der Waals surface area contributed by atoms with E-state index in [2.05, 4.69) is 0 Å². The number of phosphoric acid groups is 1. The molecule has 0 rings (SSSR count). The van der Waals surface area contributed by atoms with Gasteiger partial charge in [-0.05, 0) is 0 Å². The van der Waals surface area contributed by atoms with Gasteiger partial charge >= 0.3 is 51.7 Å². The van der Waals surface area contributed by atoms with Gasteiger partial charge in [-0.15, -0.1) is 0 Å². The van der Waals surface area contributed by atoms with Crippen LogP contribution in [0.25, 0.3) is 0 Å². The largest absolute Gasteiger partial charge is 2.00 e. The van der Waals surface area contributed by atoms with Gasteiger partial charge in [0.1, 0.15) is 0 Å². The van der Waals surface area contributed by atoms with E-state index in [1.165, 1.54) is 0 Å². The molecule has 0 aliphatic heterocycles. The number of halogens is 1. The first-order valence-corrected chi connectivity index (χ1v) is 3.00. The summed E-state index contributed by atoms with van der Waals surface area (Å²) >= 11 is 0. The fourth-order valence-corrected chi connectivity index (χ4v) is 0. The van der Waals surface area contributed by atoms with Gasteiger partial charge < -0.3 is 27.7 Å². The summed E-state index contributed by atoms with van der Waals surface area (Å²) in [5, 5.41) is 13.9. The minimum absolute atomic E-state index is 0. The Hall–Kier alpha value is 0.570. The average Bonchev–Trinajstić information content (AvgIpc) is 1.19. The minimum Gasteiger partial charge on any atom is -1.00 e. The normalized spacial score (nSPS) is 7.55. The Balaban J connectivity index is -0.0000000146. The van der Waals surface area contributed by atoms with Crippen LogP contribution in [0.15, 0.2) is 0 Å². The van der Waals surface area contributed by atoms with Crippen LogP contribution in [0, 0.1) is 0 Å². The van der Waals surface area contributed by atoms with E-state index in [0.29, 0.717) is 0 Å². The molecule has 0 fully saturated rings. The molecule has 0 saturated heterocycles. The van der Waals surface area contributed by atoms with Crippen LogP contribution in [0.1, 0.15) is 2.85 Å². The maximum absolute atomic E-state index is 8.88. The Morgan fingerprint density at radius 2 is 1.18 bits per heavy atom. The van der Waals surface area contributed by atoms with Crippen LogP contribution < -0.4 is 0 Å². The maximum atomic E-state index is 8.88. The van der Waals surface area contributed by atoms with Crippen LogP contribution >= 0.6 is 7.82 Å². The zero-order valence-electron chi connectivity index (χ0n) is 7.12. The Bertz CT molecular complexity index is 126. The quantitative estimate of drug-likeness (QED) is 0.270. The first kappa shape index (κ1) is 22.6. The fraction of sp³-hybridized carbons (Fsp3) is 0. The van der Waals surface area contributed by atoms with E-state index in [0.717, 1.165) is 0 Å². The molecule has 0 aromatic rings. The van der Waals surface area contributed by atoms with E-state index >= 15 is 0 Å². The second-order valence-electron chi connectivity index (χ2n) is 0.796. The third kappa shape index (κ3) is 2390. The van der Waals surface area contributed by atoms with E-state index in [1.54, 1.807) is 0 Å². The topological polar surface area (TPSA) is 135 Å². The summed E-state index contributed by atoms with van der Waals surface area (Å²) < 4.78 is 8.88. The molecule has 0 aliphatic rings. The molecule has 0 saturated carbocycles. The molecule has 0 bridgehead atoms. The first-order valence-electron chi connectivity index (χ1n) is 1.43. The molecule has 0 aromatic carbocycles. The monoisotopic (exact) mass is 222 g/mol. The Kier molecular flexibility index (Phi) is 21.7. The van der Waals surface area contributed by atoms with Crippen LogP contribution in [-0.2, 0) is 4.57 Å². The number of carboxylic acid groups (broad SMARTS) is 2. The number of carbonyl (C=O) groups is 1. The molecule has 0 unspecified atom stereocenters. The summed E-state index contributed by atoms with van der Waals surface area (Å²) in [7, 11) is -4.64. The summed E-state index contributed by atoms with van der Waals surface area (Å²) in [6.07, 6.45) is -1.83. The van der Waals surface area contributed by atoms with Gasteiger partial charge in [-0.2, -0.15) is 0 Å². The molecule has 0 aromatic heterocycles. The van der Waals surface area contributed by atoms with Crippen molar-refractivity contribution in [2.45, 2.75) is 0 Å². The van der Waals surface area contributed by atoms with Crippen LogP contribution in [0.2, 0.25) is 0 Å². The van der Waals surface area contributed by atoms with Gasteiger partial charge in [0.05, 0.1) is 0 Å². The van der Waals surface area contributed by atoms with E-state index in [-0.39, 0.29) is 45.3 Å². The van der Waals surface area contributed by atoms with E-state index in [1.807, 2.05) is 0 Å². The number of hydrogen-bond acceptors (Lipinski definition) is 2. The summed E-state index contributed by atoms with van der Waals surface area (Å²) in [6, 6.07) is 0. The smallest absolute Gasteiger partial charge is 1.00 e. The molecule has 7 nitrogen and oxygen atoms in total. The second kappa shape index (κ2) is 10.6. The van der Waals surface area contributed by atoms with Crippen molar-refractivity contribution in [3.63, 3.8) is 0 Å². The van der Waals surface area contributed by atoms with Gasteiger partial charge in [0.15, 0.2) is 0 Å². The van der Waals surface area contributed by atoms with Crippen molar-refractivity contribution in [2.75, 3.05) is 0 Å². The van der Waals surface area contributed by atoms with Gasteiger partial charge in [-0.25, -0.2) is 9.36 Å². The third-order valence-corrected chi connectivity index (χ3v) is 0. The van der Waals surface area contributed by atoms with Crippen molar-refractivity contribution in [1.29, 1.82) is 0 Å². The molecule has 0 amide bonds. The van der Waals surface area contributed by atoms with E-state index in [9.17, 15) is 0 Å². The van der Waals surface area contributed by atoms with Gasteiger partial charge in [0.2, 0.25) is 0 Å². The SMILES string of the molecule is F.O=C(O)O.O=P(O)(O)O.[Ca+2].[H-].[H-]. The van der Waals surface area contributed by atoms with Crippen molar-refractivity contribution in [1.82, 2.24) is 0 Å². The van der Waals surface area contributed by atoms with Crippen LogP contribution in [-0.4, -0.2) is 68.8 Å². The molecule has 0 heterocycles. The third-order valence-electron chi connectivity index (χ3n) is 0. The Morgan fingerprint density at radius 3 is 1.18 bits per heavy atom. The fourth-order valence-electron chi connectivity index (χ4n) is 0. The minimum atomic E-state index is -4.64. The zero-order valence-corrected chi connectivity index (χ0v) is 8.22. The predicted octanol–water partition coefficient (Wildman–Crippen LogP) is -0.710. The molecule has 0 atom stereocenters. The summed E-state index contributed by atoms with van der Waals surface area (Å²) in [5.41, 5.74) is 0. The first-order chi connectivity index (χ1) is 3.73. The van der Waals surface area contributed by atoms with Crippen molar-refractivity contribution in [3.05, 3.63) is 0 Å². The summed E-state index contributed by atoms with van der Waals surface area (Å²) in [6.45, 7) is 0. The predicted molar refractivity (Wildman–Crippen MR) is 35.4 cm³/mol. The Labute approximate surface area is 93.2 Å². The number of rotatable bonds is 0. The standard InChI is InChI=1S/CH2O3.Ca.FH.H3O4P.2H/c2-1(3)4;;;1-5(2,3)4;;/h(H2,2,3,4);;1H;(H3,1,2,3,4);;/q;+2;;;2*-1. The molecule has 11 heavy (non-hydrogen) atoms. The van der Waals surface area contributed by atoms with Crippen LogP contribution in [0.4, 0.5) is 9.50 Å². The van der Waals surface area contributed by atoms with Crippen molar-refractivity contribution in [3.8, 4) is 0 Å². The molecular weight excluding hydrogens is 214 g/mol. The van der Waals surface area contributed by atoms with E-state index in [4.69, 9.17) is 34.3 Å². The van der Waals surface area contributed by atoms with Crippen molar-refractivity contribution in [2.24, 2.45) is 0 Å². The maximum Gasteiger partial charge on any atom is 2.00 e. The Morgan fingerprint density at radius 1 is 1.18 bits per heavy atom. The molecule has 10 heteroatoms. The van der Waals surface area contributed by atoms with Crippen molar-refractivity contribution < 1.29 is 41.8 Å². The molecule has 0 spiro atoms. The second-order valence-corrected chi connectivity index (χ2v) is 1.82. The molecular formula is CH8CaFO7P. The van der Waals surface area contributed by atoms with Gasteiger partial charge in [-0.3, -0.25) is 4.70 Å². The van der Waals surface area contributed by atoms with Gasteiger partial charge in [-0.1, -0.05) is 0 Å². The van der Waals surface area contributed by atoms with Crippen molar-refractivity contribution >= 4 is 51.7 Å². The average molecular weight is 222 g/mol. The zero-order chi connectivity index (χ0) is 8.08. The van der Waals surface area contributed by atoms with Gasteiger partial charge in [0, 0.05) is 0 Å². The summed E-state index contributed by atoms with van der Waals surface area (Å²) in [4.78, 5) is 30.1. The molecule has 68 valence electrons. The summed E-state index contributed by atoms with van der Waals surface area (Å²) in [5.74, 6) is 0. The van der Waals surface area contributed by atoms with E-state index < -0.39 is 14.0 Å². The molecule has 5 N–H and O–H groups in total. The van der Waals surface area contributed by atoms with Gasteiger partial charge in [0.25, 0.3) is 0 Å². The number of hydrogen-bond donors (Lipinski definition) is 5. The van der Waals surface area contributed by atoms with Crippen LogP contribution in [0.3, 0.4) is 0 Å². The molecule has 0 aliphatic carbocycles. The van der Waals surface area contributed by atoms with Crippen LogP contribution in [0.5, 0.6) is 0 Å². The molecule has 0 radical (unpaired) electrons.